The number of hydrogen-bond acceptors (Lipinski definition) is 0. The molecule has 0 heterocycles. The summed E-state index contributed by atoms with van der Waals surface area (Å²) in [6, 6.07) is 33.6. The van der Waals surface area contributed by atoms with Crippen molar-refractivity contribution in [3.63, 3.8) is 0 Å². The standard InChI is InChI=1S/C26H17Br/c27-16-13-14-23-24(15-16)19-9-3-6-12-22(19)25-20-10-4-1-7-17(20)18-8-2-5-11-21(18)26(23)25/h1-15,25-26H. The molecule has 0 fully saturated rings. The molecule has 0 nitrogen and oxygen atoms in total. The van der Waals surface area contributed by atoms with E-state index >= 15 is 0 Å². The number of rotatable bonds is 0. The number of hydrogen-bond donors (Lipinski definition) is 0. The highest BCUT2D eigenvalue weighted by atomic mass is 79.9. The van der Waals surface area contributed by atoms with E-state index in [2.05, 4.69) is 107 Å². The third kappa shape index (κ3) is 2.09. The van der Waals surface area contributed by atoms with Crippen molar-refractivity contribution in [1.29, 1.82) is 0 Å². The van der Waals surface area contributed by atoms with Gasteiger partial charge in [0, 0.05) is 16.3 Å². The number of halogens is 1. The molecule has 128 valence electrons. The Hall–Kier alpha value is -2.64. The van der Waals surface area contributed by atoms with Crippen molar-refractivity contribution in [2.45, 2.75) is 11.8 Å². The summed E-state index contributed by atoms with van der Waals surface area (Å²) in [6.45, 7) is 0. The van der Waals surface area contributed by atoms with Gasteiger partial charge in [0.15, 0.2) is 0 Å². The van der Waals surface area contributed by atoms with E-state index in [-0.39, 0.29) is 0 Å². The largest absolute Gasteiger partial charge is 0.0619 e. The third-order valence-corrected chi connectivity index (χ3v) is 6.64. The Balaban J connectivity index is 1.77. The first-order valence-corrected chi connectivity index (χ1v) is 10.2. The van der Waals surface area contributed by atoms with Crippen LogP contribution in [0.2, 0.25) is 0 Å². The molecule has 6 rings (SSSR count). The summed E-state index contributed by atoms with van der Waals surface area (Å²) in [4.78, 5) is 0. The SMILES string of the molecule is Brc1ccc2c(c1)-c1ccccc1C1c3ccccc3-c3ccccc3C21. The van der Waals surface area contributed by atoms with Gasteiger partial charge in [0.2, 0.25) is 0 Å². The molecule has 2 aliphatic rings. The highest BCUT2D eigenvalue weighted by Gasteiger charge is 2.40. The summed E-state index contributed by atoms with van der Waals surface area (Å²) in [6.07, 6.45) is 0. The fourth-order valence-corrected chi connectivity index (χ4v) is 5.49. The second-order valence-electron chi connectivity index (χ2n) is 7.45. The van der Waals surface area contributed by atoms with Gasteiger partial charge >= 0.3 is 0 Å². The fraction of sp³-hybridized carbons (Fsp3) is 0.0769. The maximum atomic E-state index is 3.69. The second kappa shape index (κ2) is 5.68. The summed E-state index contributed by atoms with van der Waals surface area (Å²) in [5.41, 5.74) is 11.2. The monoisotopic (exact) mass is 408 g/mol. The third-order valence-electron chi connectivity index (χ3n) is 6.15. The normalized spacial score (nSPS) is 18.6. The van der Waals surface area contributed by atoms with Crippen LogP contribution in [0.5, 0.6) is 0 Å². The van der Waals surface area contributed by atoms with Gasteiger partial charge in [0.25, 0.3) is 0 Å². The fourth-order valence-electron chi connectivity index (χ4n) is 5.13. The molecular formula is C26H17Br. The van der Waals surface area contributed by atoms with E-state index < -0.39 is 0 Å². The van der Waals surface area contributed by atoms with Crippen LogP contribution in [0.3, 0.4) is 0 Å². The molecule has 0 bridgehead atoms. The second-order valence-corrected chi connectivity index (χ2v) is 8.36. The first kappa shape index (κ1) is 15.4. The lowest BCUT2D eigenvalue weighted by molar-refractivity contribution is 0.676. The van der Waals surface area contributed by atoms with Gasteiger partial charge in [-0.25, -0.2) is 0 Å². The first-order chi connectivity index (χ1) is 13.3. The summed E-state index contributed by atoms with van der Waals surface area (Å²) >= 11 is 3.69. The van der Waals surface area contributed by atoms with Crippen molar-refractivity contribution in [2.75, 3.05) is 0 Å². The van der Waals surface area contributed by atoms with Gasteiger partial charge in [0.05, 0.1) is 0 Å². The average Bonchev–Trinajstić information content (AvgIpc) is 2.73. The Kier molecular flexibility index (Phi) is 3.24. The molecule has 0 N–H and O–H groups in total. The Bertz CT molecular complexity index is 1200. The highest BCUT2D eigenvalue weighted by molar-refractivity contribution is 9.10. The summed E-state index contributed by atoms with van der Waals surface area (Å²) < 4.78 is 1.14. The van der Waals surface area contributed by atoms with E-state index in [4.69, 9.17) is 0 Å². The quantitative estimate of drug-likeness (QED) is 0.284. The molecule has 4 aromatic carbocycles. The van der Waals surface area contributed by atoms with E-state index in [1.165, 1.54) is 44.5 Å². The number of benzene rings is 4. The molecule has 0 radical (unpaired) electrons. The zero-order valence-electron chi connectivity index (χ0n) is 14.7. The van der Waals surface area contributed by atoms with Crippen molar-refractivity contribution in [2.24, 2.45) is 0 Å². The van der Waals surface area contributed by atoms with Gasteiger partial charge in [-0.1, -0.05) is 94.8 Å². The highest BCUT2D eigenvalue weighted by Crippen LogP contribution is 2.58. The van der Waals surface area contributed by atoms with Crippen LogP contribution in [0.25, 0.3) is 22.3 Å². The lowest BCUT2D eigenvalue weighted by Crippen LogP contribution is -2.24. The van der Waals surface area contributed by atoms with Crippen molar-refractivity contribution in [1.82, 2.24) is 0 Å². The average molecular weight is 409 g/mol. The van der Waals surface area contributed by atoms with E-state index in [1.807, 2.05) is 0 Å². The maximum Gasteiger partial charge on any atom is 0.0211 e. The molecule has 2 aliphatic carbocycles. The Morgan fingerprint density at radius 2 is 0.852 bits per heavy atom. The molecule has 0 aromatic heterocycles. The maximum absolute atomic E-state index is 3.69. The van der Waals surface area contributed by atoms with Crippen LogP contribution in [0.1, 0.15) is 34.1 Å². The molecule has 27 heavy (non-hydrogen) atoms. The van der Waals surface area contributed by atoms with Gasteiger partial charge in [-0.05, 0) is 56.6 Å². The van der Waals surface area contributed by atoms with Crippen LogP contribution in [-0.2, 0) is 0 Å². The van der Waals surface area contributed by atoms with Crippen LogP contribution in [-0.4, -0.2) is 0 Å². The first-order valence-electron chi connectivity index (χ1n) is 9.40. The Morgan fingerprint density at radius 1 is 0.444 bits per heavy atom. The van der Waals surface area contributed by atoms with E-state index in [0.717, 1.165) is 4.47 Å². The minimum Gasteiger partial charge on any atom is -0.0619 e. The van der Waals surface area contributed by atoms with Crippen molar-refractivity contribution >= 4 is 15.9 Å². The van der Waals surface area contributed by atoms with Gasteiger partial charge in [-0.3, -0.25) is 0 Å². The van der Waals surface area contributed by atoms with E-state index in [0.29, 0.717) is 11.8 Å². The molecule has 0 spiro atoms. The van der Waals surface area contributed by atoms with Gasteiger partial charge in [-0.15, -0.1) is 0 Å². The zero-order chi connectivity index (χ0) is 18.0. The molecule has 0 saturated heterocycles. The van der Waals surface area contributed by atoms with Gasteiger partial charge in [-0.2, -0.15) is 0 Å². The van der Waals surface area contributed by atoms with Gasteiger partial charge in [0.1, 0.15) is 0 Å². The summed E-state index contributed by atoms with van der Waals surface area (Å²) in [5, 5.41) is 0. The molecule has 1 heteroatoms. The summed E-state index contributed by atoms with van der Waals surface area (Å²) in [7, 11) is 0. The topological polar surface area (TPSA) is 0 Å². The zero-order valence-corrected chi connectivity index (χ0v) is 16.3. The van der Waals surface area contributed by atoms with E-state index in [1.54, 1.807) is 0 Å². The number of fused-ring (bicyclic) bond motifs is 11. The van der Waals surface area contributed by atoms with E-state index in [9.17, 15) is 0 Å². The Labute approximate surface area is 167 Å². The van der Waals surface area contributed by atoms with Crippen LogP contribution < -0.4 is 0 Å². The molecule has 4 aromatic rings. The smallest absolute Gasteiger partial charge is 0.0211 e. The lowest BCUT2D eigenvalue weighted by Gasteiger charge is -2.41. The minimum atomic E-state index is 0.356. The van der Waals surface area contributed by atoms with Crippen LogP contribution in [0.15, 0.2) is 95.5 Å². The minimum absolute atomic E-state index is 0.356. The predicted molar refractivity (Wildman–Crippen MR) is 115 cm³/mol. The van der Waals surface area contributed by atoms with Gasteiger partial charge < -0.3 is 0 Å². The van der Waals surface area contributed by atoms with Crippen LogP contribution in [0.4, 0.5) is 0 Å². The molecular weight excluding hydrogens is 392 g/mol. The van der Waals surface area contributed by atoms with Crippen molar-refractivity contribution in [3.8, 4) is 22.3 Å². The molecule has 0 amide bonds. The molecule has 0 saturated carbocycles. The molecule has 2 atom stereocenters. The summed E-state index contributed by atoms with van der Waals surface area (Å²) in [5.74, 6) is 0.718. The Morgan fingerprint density at radius 3 is 1.37 bits per heavy atom. The van der Waals surface area contributed by atoms with Crippen LogP contribution in [0, 0.1) is 0 Å². The van der Waals surface area contributed by atoms with Crippen LogP contribution >= 0.6 is 15.9 Å². The van der Waals surface area contributed by atoms with Crippen molar-refractivity contribution in [3.05, 3.63) is 118 Å². The molecule has 0 aliphatic heterocycles. The lowest BCUT2D eigenvalue weighted by atomic mass is 9.62. The van der Waals surface area contributed by atoms with Crippen molar-refractivity contribution < 1.29 is 0 Å². The molecule has 2 unspecified atom stereocenters. The predicted octanol–water partition coefficient (Wildman–Crippen LogP) is 7.37.